The van der Waals surface area contributed by atoms with Gasteiger partial charge >= 0.3 is 0 Å². The number of benzene rings is 20. The van der Waals surface area contributed by atoms with Crippen LogP contribution in [0.2, 0.25) is 0 Å². The standard InChI is InChI=1S/C60H37N3O2.C60H39N3O/c1-2-12-38(13-3-1)39-22-24-40(25-23-39)61(43-26-30-49-51-34-41(28-32-57(51)64-59(49)36-43)62-53-18-8-4-14-45(53)46-15-5-9-19-54(46)62)44-27-31-50-52-35-42(29-33-58(52)65-60(50)37-44)63-55-20-10-6-16-47(55)48-17-7-11-21-56(48)63;1-2-13-40(14-3-1)41-25-29-44(30-26-41)61(45-31-27-42(28-32-45)43-15-12-16-46(37-43)62-55-21-8-4-17-49(55)50-18-5-9-22-56(50)62)48-33-35-53-54-38-47(34-36-59(54)64-60(53)39-48)63-57-23-10-6-19-51(57)52-20-7-11-24-58(52)63/h1-37H;1-39H. The third-order valence-electron chi connectivity index (χ3n) is 26.2. The van der Waals surface area contributed by atoms with E-state index >= 15 is 0 Å². The Morgan fingerprint density at radius 1 is 0.132 bits per heavy atom. The molecule has 0 saturated heterocycles. The predicted molar refractivity (Wildman–Crippen MR) is 538 cm³/mol. The fraction of sp³-hybridized carbons (Fsp3) is 0. The number of hydrogen-bond acceptors (Lipinski definition) is 5. The lowest BCUT2D eigenvalue weighted by Crippen LogP contribution is -2.09. The quantitative estimate of drug-likeness (QED) is 0.115. The predicted octanol–water partition coefficient (Wildman–Crippen LogP) is 33.4. The van der Waals surface area contributed by atoms with Gasteiger partial charge in [0.1, 0.15) is 33.5 Å². The van der Waals surface area contributed by atoms with E-state index in [2.05, 4.69) is 489 Å². The van der Waals surface area contributed by atoms with E-state index in [1.165, 1.54) is 104 Å². The first-order valence-corrected chi connectivity index (χ1v) is 43.9. The summed E-state index contributed by atoms with van der Waals surface area (Å²) >= 11 is 0. The Kier molecular flexibility index (Phi) is 16.8. The average molecular weight is 1650 g/mol. The molecule has 0 aliphatic carbocycles. The monoisotopic (exact) mass is 1650 g/mol. The Morgan fingerprint density at radius 2 is 0.357 bits per heavy atom. The minimum absolute atomic E-state index is 0.824. The topological polar surface area (TPSA) is 65.6 Å². The van der Waals surface area contributed by atoms with Gasteiger partial charge in [-0.3, -0.25) is 0 Å². The van der Waals surface area contributed by atoms with Crippen LogP contribution in [-0.4, -0.2) is 18.3 Å². The van der Waals surface area contributed by atoms with E-state index in [4.69, 9.17) is 13.3 Å². The van der Waals surface area contributed by atoms with Crippen molar-refractivity contribution in [3.05, 3.63) is 461 Å². The molecule has 0 amide bonds. The van der Waals surface area contributed by atoms with Crippen molar-refractivity contribution in [2.24, 2.45) is 0 Å². The normalized spacial score (nSPS) is 11.9. The van der Waals surface area contributed by atoms with Crippen LogP contribution in [0.1, 0.15) is 0 Å². The molecule has 0 atom stereocenters. The fourth-order valence-corrected chi connectivity index (χ4v) is 20.3. The van der Waals surface area contributed by atoms with Gasteiger partial charge in [-0.15, -0.1) is 0 Å². The molecule has 0 bridgehead atoms. The van der Waals surface area contributed by atoms with Crippen LogP contribution in [0, 0.1) is 0 Å². The molecule has 0 fully saturated rings. The van der Waals surface area contributed by atoms with Gasteiger partial charge in [0.15, 0.2) is 0 Å². The van der Waals surface area contributed by atoms with E-state index in [9.17, 15) is 0 Å². The second kappa shape index (κ2) is 29.7. The molecule has 0 spiro atoms. The minimum Gasteiger partial charge on any atom is -0.456 e. The first-order valence-electron chi connectivity index (χ1n) is 43.9. The van der Waals surface area contributed by atoms with E-state index in [0.717, 1.165) is 139 Å². The van der Waals surface area contributed by atoms with Crippen molar-refractivity contribution in [1.82, 2.24) is 18.3 Å². The minimum atomic E-state index is 0.824. The first-order chi connectivity index (χ1) is 63.9. The van der Waals surface area contributed by atoms with Gasteiger partial charge in [0.25, 0.3) is 0 Å². The molecule has 27 rings (SSSR count). The molecule has 7 heterocycles. The van der Waals surface area contributed by atoms with Crippen LogP contribution in [-0.2, 0) is 0 Å². The van der Waals surface area contributed by atoms with Gasteiger partial charge in [0.05, 0.1) is 44.1 Å². The third kappa shape index (κ3) is 12.1. The summed E-state index contributed by atoms with van der Waals surface area (Å²) in [7, 11) is 0. The van der Waals surface area contributed by atoms with Crippen molar-refractivity contribution in [3.63, 3.8) is 0 Å². The van der Waals surface area contributed by atoms with Gasteiger partial charge in [-0.05, 0) is 221 Å². The van der Waals surface area contributed by atoms with E-state index in [0.29, 0.717) is 0 Å². The van der Waals surface area contributed by atoms with Crippen LogP contribution >= 0.6 is 0 Å². The Balaban J connectivity index is 0.000000136. The number of aromatic nitrogens is 4. The molecule has 0 aliphatic heterocycles. The largest absolute Gasteiger partial charge is 0.456 e. The molecular weight excluding hydrogens is 1570 g/mol. The number of nitrogens with zero attached hydrogens (tertiary/aromatic N) is 6. The maximum atomic E-state index is 6.69. The van der Waals surface area contributed by atoms with Crippen LogP contribution in [0.5, 0.6) is 0 Å². The molecule has 20 aromatic carbocycles. The molecule has 27 aromatic rings. The van der Waals surface area contributed by atoms with Crippen LogP contribution in [0.25, 0.3) is 209 Å². The molecule has 0 N–H and O–H groups in total. The smallest absolute Gasteiger partial charge is 0.137 e. The molecule has 9 heteroatoms. The number of hydrogen-bond donors (Lipinski definition) is 0. The zero-order chi connectivity index (χ0) is 84.7. The lowest BCUT2D eigenvalue weighted by Gasteiger charge is -2.26. The average Bonchev–Trinajstić information content (AvgIpc) is 1.58. The summed E-state index contributed by atoms with van der Waals surface area (Å²) in [6.07, 6.45) is 0. The van der Waals surface area contributed by atoms with Gasteiger partial charge < -0.3 is 41.3 Å². The second-order valence-corrected chi connectivity index (χ2v) is 33.5. The molecule has 0 saturated carbocycles. The number of furan rings is 3. The Labute approximate surface area is 740 Å². The number of anilines is 6. The van der Waals surface area contributed by atoms with Crippen LogP contribution in [0.4, 0.5) is 34.1 Å². The zero-order valence-corrected chi connectivity index (χ0v) is 69.8. The number of rotatable bonds is 13. The zero-order valence-electron chi connectivity index (χ0n) is 69.8. The van der Waals surface area contributed by atoms with E-state index in [1.807, 2.05) is 0 Å². The Hall–Kier alpha value is -17.4. The van der Waals surface area contributed by atoms with Crippen LogP contribution < -0.4 is 9.80 Å². The fourth-order valence-electron chi connectivity index (χ4n) is 20.3. The van der Waals surface area contributed by atoms with Gasteiger partial charge in [-0.2, -0.15) is 0 Å². The summed E-state index contributed by atoms with van der Waals surface area (Å²) in [5.74, 6) is 0. The van der Waals surface area contributed by atoms with Crippen molar-refractivity contribution in [3.8, 4) is 56.1 Å². The highest BCUT2D eigenvalue weighted by atomic mass is 16.3. The molecular formula is C120H76N6O3. The molecule has 0 unspecified atom stereocenters. The highest BCUT2D eigenvalue weighted by Crippen LogP contribution is 2.47. The van der Waals surface area contributed by atoms with Crippen molar-refractivity contribution in [1.29, 1.82) is 0 Å². The highest BCUT2D eigenvalue weighted by Gasteiger charge is 2.25. The summed E-state index contributed by atoms with van der Waals surface area (Å²) in [6, 6.07) is 165. The molecule has 0 radical (unpaired) electrons. The second-order valence-electron chi connectivity index (χ2n) is 33.5. The Bertz CT molecular complexity index is 8690. The summed E-state index contributed by atoms with van der Waals surface area (Å²) in [6.45, 7) is 0. The van der Waals surface area contributed by atoms with Crippen molar-refractivity contribution >= 4 is 187 Å². The van der Waals surface area contributed by atoms with Crippen LogP contribution in [0.15, 0.2) is 474 Å². The van der Waals surface area contributed by atoms with Gasteiger partial charge in [0, 0.05) is 150 Å². The maximum absolute atomic E-state index is 6.69. The summed E-state index contributed by atoms with van der Waals surface area (Å²) in [4.78, 5) is 4.62. The third-order valence-corrected chi connectivity index (χ3v) is 26.2. The molecule has 9 nitrogen and oxygen atoms in total. The SMILES string of the molecule is c1ccc(-c2ccc(N(c3ccc(-c4cccc(-n5c6ccccc6c6ccccc65)c4)cc3)c3ccc4c(c3)oc3ccc(-n5c6ccccc6c6ccccc65)cc34)cc2)cc1.c1ccc(-c2ccc(N(c3ccc4c(c3)oc3ccc(-n5c6ccccc6c6ccccc65)cc34)c3ccc4c(c3)oc3ccc(-n5c6ccccc6c6ccccc65)cc34)cc2)cc1. The van der Waals surface area contributed by atoms with Crippen molar-refractivity contribution in [2.45, 2.75) is 0 Å². The lowest BCUT2D eigenvalue weighted by atomic mass is 10.0. The Morgan fingerprint density at radius 3 is 0.643 bits per heavy atom. The van der Waals surface area contributed by atoms with Gasteiger partial charge in [-0.1, -0.05) is 255 Å². The van der Waals surface area contributed by atoms with E-state index < -0.39 is 0 Å². The first kappa shape index (κ1) is 73.2. The lowest BCUT2D eigenvalue weighted by molar-refractivity contribution is 0.668. The maximum Gasteiger partial charge on any atom is 0.137 e. The molecule has 7 aromatic heterocycles. The van der Waals surface area contributed by atoms with Gasteiger partial charge in [0.2, 0.25) is 0 Å². The van der Waals surface area contributed by atoms with Gasteiger partial charge in [-0.25, -0.2) is 0 Å². The van der Waals surface area contributed by atoms with Crippen LogP contribution in [0.3, 0.4) is 0 Å². The summed E-state index contributed by atoms with van der Waals surface area (Å²) < 4.78 is 29.5. The molecule has 0 aliphatic rings. The number of fused-ring (bicyclic) bond motifs is 21. The number of para-hydroxylation sites is 8. The summed E-state index contributed by atoms with van der Waals surface area (Å²) in [5, 5.41) is 16.4. The van der Waals surface area contributed by atoms with E-state index in [1.54, 1.807) is 0 Å². The summed E-state index contributed by atoms with van der Waals surface area (Å²) in [5.41, 5.74) is 32.2. The molecule has 604 valence electrons. The highest BCUT2D eigenvalue weighted by molar-refractivity contribution is 6.16. The van der Waals surface area contributed by atoms with Crippen molar-refractivity contribution < 1.29 is 13.3 Å². The van der Waals surface area contributed by atoms with Crippen molar-refractivity contribution in [2.75, 3.05) is 9.80 Å². The molecule has 129 heavy (non-hydrogen) atoms. The van der Waals surface area contributed by atoms with E-state index in [-0.39, 0.29) is 0 Å².